The summed E-state index contributed by atoms with van der Waals surface area (Å²) in [6.45, 7) is 9.75. The topological polar surface area (TPSA) is 202 Å². The van der Waals surface area contributed by atoms with Gasteiger partial charge in [0.1, 0.15) is 11.2 Å². The van der Waals surface area contributed by atoms with Crippen molar-refractivity contribution in [3.8, 4) is 23.3 Å². The van der Waals surface area contributed by atoms with Gasteiger partial charge in [-0.15, -0.1) is 0 Å². The summed E-state index contributed by atoms with van der Waals surface area (Å²) in [5.74, 6) is 10.2. The number of hydrogen-bond donors (Lipinski definition) is 9. The van der Waals surface area contributed by atoms with Crippen molar-refractivity contribution in [2.45, 2.75) is 139 Å². The summed E-state index contributed by atoms with van der Waals surface area (Å²) in [4.78, 5) is 32.3. The Kier molecular flexibility index (Phi) is 14.7. The Morgan fingerprint density at radius 2 is 1.72 bits per heavy atom. The van der Waals surface area contributed by atoms with Gasteiger partial charge in [0.25, 0.3) is 0 Å². The zero-order valence-electron chi connectivity index (χ0n) is 46.1. The number of fused-ring (bicyclic) bond motifs is 9. The van der Waals surface area contributed by atoms with E-state index in [1.54, 1.807) is 12.1 Å². The van der Waals surface area contributed by atoms with Crippen molar-refractivity contribution in [3.63, 3.8) is 0 Å². The predicted octanol–water partition coefficient (Wildman–Crippen LogP) is 8.47. The van der Waals surface area contributed by atoms with Crippen molar-refractivity contribution < 1.29 is 34.8 Å². The quantitative estimate of drug-likeness (QED) is 0.0549. The summed E-state index contributed by atoms with van der Waals surface area (Å²) in [5, 5.41) is 63.6. The van der Waals surface area contributed by atoms with E-state index in [0.29, 0.717) is 103 Å². The SMILES string of the molecule is CCNCC1C2c3[nH]ccc3C3CC(=O)CC4NCC(C5CCC6C(CCC7(C#CC(CC(O)C(O)C(CCC(C)C)C(C8=CCNC(N)=C8)c8ccc9ccccc9c8)c8cc(O)c(OC)cc8CCC7=O)C6O)C51)C2C43. The lowest BCUT2D eigenvalue weighted by atomic mass is 9.40. The fourth-order valence-electron chi connectivity index (χ4n) is 18.0. The molecule has 8 aliphatic rings. The molecule has 78 heavy (non-hydrogen) atoms. The summed E-state index contributed by atoms with van der Waals surface area (Å²) in [5.41, 5.74) is 11.3. The van der Waals surface area contributed by atoms with Crippen molar-refractivity contribution >= 4 is 22.3 Å². The normalized spacial score (nSPS) is 34.3. The lowest BCUT2D eigenvalue weighted by molar-refractivity contribution is -0.165. The van der Waals surface area contributed by atoms with Gasteiger partial charge in [-0.1, -0.05) is 87.6 Å². The number of rotatable bonds is 14. The minimum absolute atomic E-state index is 0.0337. The van der Waals surface area contributed by atoms with Gasteiger partial charge in [-0.25, -0.2) is 0 Å². The van der Waals surface area contributed by atoms with Crippen LogP contribution in [0.4, 0.5) is 0 Å². The smallest absolute Gasteiger partial charge is 0.160 e. The predicted molar refractivity (Wildman–Crippen MR) is 303 cm³/mol. The maximum absolute atomic E-state index is 15.3. The minimum atomic E-state index is -1.33. The largest absolute Gasteiger partial charge is 0.504 e. The molecule has 18 atom stereocenters. The van der Waals surface area contributed by atoms with Crippen LogP contribution in [-0.2, 0) is 16.0 Å². The van der Waals surface area contributed by atoms with E-state index < -0.39 is 35.6 Å². The lowest BCUT2D eigenvalue weighted by Crippen LogP contribution is -2.67. The number of carbonyl (C=O) groups excluding carboxylic acids is 2. The number of H-pyrrole nitrogens is 1. The molecule has 12 rings (SSSR count). The molecule has 1 aromatic heterocycles. The van der Waals surface area contributed by atoms with E-state index in [2.05, 4.69) is 102 Å². The number of aryl methyl sites for hydroxylation is 1. The number of benzene rings is 3. The van der Waals surface area contributed by atoms with Crippen LogP contribution in [-0.4, -0.2) is 94.6 Å². The number of aliphatic hydroxyl groups is 3. The second-order valence-electron chi connectivity index (χ2n) is 25.5. The number of ether oxygens (including phenoxy) is 1. The third kappa shape index (κ3) is 9.21. The molecule has 1 spiro atoms. The highest BCUT2D eigenvalue weighted by molar-refractivity contribution is 5.89. The molecular weight excluding hydrogens is 975 g/mol. The molecule has 18 unspecified atom stereocenters. The highest BCUT2D eigenvalue weighted by Gasteiger charge is 2.65. The van der Waals surface area contributed by atoms with Crippen molar-refractivity contribution in [2.24, 2.45) is 70.3 Å². The monoisotopic (exact) mass is 1060 g/mol. The molecule has 4 saturated carbocycles. The first kappa shape index (κ1) is 53.2. The van der Waals surface area contributed by atoms with Crippen molar-refractivity contribution in [2.75, 3.05) is 33.3 Å². The lowest BCUT2D eigenvalue weighted by Gasteiger charge is -2.66. The number of phenolic OH excluding ortho intramolecular Hbond substituents is 1. The van der Waals surface area contributed by atoms with Crippen LogP contribution < -0.4 is 26.4 Å². The van der Waals surface area contributed by atoms with Crippen LogP contribution in [0.15, 0.2) is 90.4 Å². The van der Waals surface area contributed by atoms with Crippen LogP contribution >= 0.6 is 0 Å². The number of ketones is 2. The maximum atomic E-state index is 15.3. The number of carbonyl (C=O) groups is 2. The van der Waals surface area contributed by atoms with Gasteiger partial charge in [0.2, 0.25) is 0 Å². The first-order valence-corrected chi connectivity index (χ1v) is 29.8. The number of phenols is 1. The molecule has 2 aliphatic heterocycles. The molecule has 0 amide bonds. The van der Waals surface area contributed by atoms with E-state index in [4.69, 9.17) is 10.5 Å². The summed E-state index contributed by atoms with van der Waals surface area (Å²) < 4.78 is 5.64. The molecule has 0 bridgehead atoms. The van der Waals surface area contributed by atoms with E-state index >= 15 is 4.79 Å². The highest BCUT2D eigenvalue weighted by atomic mass is 16.5. The molecule has 4 aromatic rings. The first-order valence-electron chi connectivity index (χ1n) is 29.8. The number of Topliss-reactive ketones (excluding diaryl/α,β-unsaturated/α-hetero) is 2. The van der Waals surface area contributed by atoms with Gasteiger partial charge in [-0.3, -0.25) is 9.59 Å². The summed E-state index contributed by atoms with van der Waals surface area (Å²) in [7, 11) is 1.51. The second kappa shape index (κ2) is 21.6. The Morgan fingerprint density at radius 3 is 2.51 bits per heavy atom. The van der Waals surface area contributed by atoms with Crippen LogP contribution in [0.25, 0.3) is 10.8 Å². The van der Waals surface area contributed by atoms with Gasteiger partial charge in [0, 0.05) is 61.5 Å². The number of aromatic amines is 1. The van der Waals surface area contributed by atoms with Gasteiger partial charge < -0.3 is 51.8 Å². The van der Waals surface area contributed by atoms with Crippen LogP contribution in [0.2, 0.25) is 0 Å². The van der Waals surface area contributed by atoms with Crippen LogP contribution in [0, 0.1) is 76.4 Å². The van der Waals surface area contributed by atoms with Gasteiger partial charge in [0.05, 0.1) is 31.2 Å². The van der Waals surface area contributed by atoms with Gasteiger partial charge in [-0.2, -0.15) is 0 Å². The molecule has 414 valence electrons. The molecule has 10 N–H and O–H groups in total. The molecule has 6 aliphatic carbocycles. The summed E-state index contributed by atoms with van der Waals surface area (Å²) >= 11 is 0. The Hall–Kier alpha value is -5.42. The van der Waals surface area contributed by atoms with E-state index in [1.807, 2.05) is 18.2 Å². The van der Waals surface area contributed by atoms with Crippen molar-refractivity contribution in [3.05, 3.63) is 118 Å². The van der Waals surface area contributed by atoms with Crippen LogP contribution in [0.3, 0.4) is 0 Å². The number of piperidine rings is 1. The van der Waals surface area contributed by atoms with Gasteiger partial charge in [0.15, 0.2) is 17.3 Å². The molecule has 12 heteroatoms. The first-order chi connectivity index (χ1) is 37.8. The Balaban J connectivity index is 0.890. The zero-order valence-corrected chi connectivity index (χ0v) is 46.1. The van der Waals surface area contributed by atoms with E-state index in [1.165, 1.54) is 18.4 Å². The summed E-state index contributed by atoms with van der Waals surface area (Å²) in [6, 6.07) is 20.7. The average Bonchev–Trinajstić information content (AvgIpc) is 4.11. The van der Waals surface area contributed by atoms with E-state index in [-0.39, 0.29) is 59.8 Å². The number of nitrogens with one attached hydrogen (secondary N) is 4. The Morgan fingerprint density at radius 1 is 0.910 bits per heavy atom. The zero-order chi connectivity index (χ0) is 54.1. The van der Waals surface area contributed by atoms with Crippen LogP contribution in [0.5, 0.6) is 11.5 Å². The standard InChI is InChI=1S/C66H83N5O7/c1-5-68-33-51-59-43(50-34-71-52-31-42(72)30-49-45-21-25-70-63(45)62(51)61(50)60(49)52)15-16-46-44(59)19-23-66(65(46)77)22-18-39(48-32-53(73)55(78-4)28-38(48)13-17-56(66)75)27-54(74)64(76)47(14-10-35(2)3)58(41-20-24-69-57(67)29-41)40-12-11-36-8-6-7-9-37(36)26-40/h6-9,11-12,20-21,25-26,28-29,32,35,39,43-44,46-47,49-52,54,58-62,64-65,68-71,73-74,76-77H,5,10,13-17,19,23-24,27,30-31,33-34,67H2,1-4H3. The van der Waals surface area contributed by atoms with Gasteiger partial charge in [-0.05, 0) is 193 Å². The fraction of sp³-hybridized carbons (Fsp3) is 0.576. The number of methoxy groups -OCH3 is 1. The maximum Gasteiger partial charge on any atom is 0.160 e. The van der Waals surface area contributed by atoms with Crippen molar-refractivity contribution in [1.82, 2.24) is 20.9 Å². The number of dihydropyridines is 1. The number of aliphatic hydroxyl groups excluding tert-OH is 3. The number of hydrogen-bond acceptors (Lipinski definition) is 11. The number of allylic oxidation sites excluding steroid dienone is 2. The fourth-order valence-corrected chi connectivity index (χ4v) is 18.0. The van der Waals surface area contributed by atoms with Gasteiger partial charge >= 0.3 is 0 Å². The Labute approximate surface area is 460 Å². The molecule has 3 aromatic carbocycles. The molecule has 5 fully saturated rings. The third-order valence-corrected chi connectivity index (χ3v) is 21.3. The molecule has 0 radical (unpaired) electrons. The van der Waals surface area contributed by atoms with Crippen molar-refractivity contribution in [1.29, 1.82) is 0 Å². The molecular formula is C66H83N5O7. The minimum Gasteiger partial charge on any atom is -0.504 e. The van der Waals surface area contributed by atoms with E-state index in [0.717, 1.165) is 72.8 Å². The Bertz CT molecular complexity index is 3040. The average molecular weight is 1060 g/mol. The molecule has 1 saturated heterocycles. The second-order valence-corrected chi connectivity index (χ2v) is 25.5. The van der Waals surface area contributed by atoms with Crippen LogP contribution in [0.1, 0.15) is 137 Å². The highest BCUT2D eigenvalue weighted by Crippen LogP contribution is 2.68. The molecule has 3 heterocycles. The number of aromatic hydroxyl groups is 1. The number of nitrogens with two attached hydrogens (primary N) is 1. The molecule has 12 nitrogen and oxygen atoms in total. The number of aromatic nitrogens is 1. The third-order valence-electron chi connectivity index (χ3n) is 21.3. The van der Waals surface area contributed by atoms with E-state index in [9.17, 15) is 25.2 Å². The summed E-state index contributed by atoms with van der Waals surface area (Å²) in [6.07, 6.45) is 8.97.